The van der Waals surface area contributed by atoms with Gasteiger partial charge in [0.1, 0.15) is 0 Å². The van der Waals surface area contributed by atoms with Crippen molar-refractivity contribution in [1.29, 1.82) is 5.26 Å². The van der Waals surface area contributed by atoms with Crippen LogP contribution >= 0.6 is 10.5 Å². The van der Waals surface area contributed by atoms with Crippen molar-refractivity contribution in [3.05, 3.63) is 0 Å². The van der Waals surface area contributed by atoms with Crippen molar-refractivity contribution in [3.63, 3.8) is 0 Å². The number of carbonyl (C=O) groups is 1. The minimum Gasteiger partial charge on any atom is -0.461 e. The molecule has 6 heteroatoms. The summed E-state index contributed by atoms with van der Waals surface area (Å²) in [5.41, 5.74) is 1.45. The second-order valence-electron chi connectivity index (χ2n) is 1.97. The fourth-order valence-corrected chi connectivity index (χ4v) is 1.62. The molecule has 1 heterocycles. The van der Waals surface area contributed by atoms with Gasteiger partial charge in [-0.15, -0.1) is 5.10 Å². The van der Waals surface area contributed by atoms with E-state index in [9.17, 15) is 4.79 Å². The minimum atomic E-state index is -0.699. The third kappa shape index (κ3) is 2.23. The molecule has 0 N–H and O–H groups in total. The van der Waals surface area contributed by atoms with Crippen LogP contribution in [0.4, 0.5) is 0 Å². The molecule has 0 radical (unpaired) electrons. The molecule has 0 bridgehead atoms. The van der Waals surface area contributed by atoms with Gasteiger partial charge in [0.05, 0.1) is 23.6 Å². The molecule has 1 aliphatic heterocycles. The van der Waals surface area contributed by atoms with E-state index in [4.69, 9.17) is 10.00 Å². The van der Waals surface area contributed by atoms with Crippen LogP contribution in [0.5, 0.6) is 0 Å². The maximum absolute atomic E-state index is 11.2. The van der Waals surface area contributed by atoms with Crippen LogP contribution in [0.25, 0.3) is 0 Å². The molecule has 13 heavy (non-hydrogen) atoms. The zero-order chi connectivity index (χ0) is 9.68. The average molecular weight is 197 g/mol. The topological polar surface area (TPSA) is 74.8 Å². The molecule has 0 aromatic rings. The van der Waals surface area contributed by atoms with E-state index < -0.39 is 16.5 Å². The zero-order valence-corrected chi connectivity index (χ0v) is 7.74. The van der Waals surface area contributed by atoms with Gasteiger partial charge in [0.15, 0.2) is 0 Å². The second-order valence-corrected chi connectivity index (χ2v) is 3.54. The van der Waals surface area contributed by atoms with Crippen LogP contribution in [0, 0.1) is 11.3 Å². The van der Waals surface area contributed by atoms with Crippen molar-refractivity contribution >= 4 is 32.4 Å². The highest BCUT2D eigenvalue weighted by molar-refractivity contribution is 8.39. The summed E-state index contributed by atoms with van der Waals surface area (Å²) in [6.45, 7) is 2.00. The molecular weight excluding hydrogens is 190 g/mol. The van der Waals surface area contributed by atoms with E-state index in [1.165, 1.54) is 10.9 Å². The van der Waals surface area contributed by atoms with Crippen LogP contribution in [0.15, 0.2) is 10.2 Å². The van der Waals surface area contributed by atoms with Crippen molar-refractivity contribution in [2.45, 2.75) is 6.92 Å². The Morgan fingerprint density at radius 3 is 3.31 bits per heavy atom. The van der Waals surface area contributed by atoms with Gasteiger partial charge in [-0.1, -0.05) is 10.5 Å². The minimum absolute atomic E-state index is 0.198. The van der Waals surface area contributed by atoms with E-state index >= 15 is 0 Å². The number of nitriles is 1. The van der Waals surface area contributed by atoms with E-state index in [2.05, 4.69) is 10.2 Å². The summed E-state index contributed by atoms with van der Waals surface area (Å²) >= 11 is 0. The molecule has 0 aromatic heterocycles. The number of carbonyl (C=O) groups excluding carboxylic acids is 1. The first-order valence-electron chi connectivity index (χ1n) is 3.52. The van der Waals surface area contributed by atoms with Crippen LogP contribution < -0.4 is 0 Å². The molecule has 5 nitrogen and oxygen atoms in total. The van der Waals surface area contributed by atoms with Crippen LogP contribution in [-0.4, -0.2) is 28.5 Å². The zero-order valence-electron chi connectivity index (χ0n) is 6.93. The van der Waals surface area contributed by atoms with Gasteiger partial charge in [-0.2, -0.15) is 10.4 Å². The first-order chi connectivity index (χ1) is 6.29. The third-order valence-electron chi connectivity index (χ3n) is 1.16. The van der Waals surface area contributed by atoms with E-state index in [0.717, 1.165) is 0 Å². The Bertz CT molecular complexity index is 351. The highest BCUT2D eigenvalue weighted by Gasteiger charge is 2.19. The van der Waals surface area contributed by atoms with Gasteiger partial charge in [-0.3, -0.25) is 0 Å². The van der Waals surface area contributed by atoms with E-state index in [0.29, 0.717) is 6.61 Å². The summed E-state index contributed by atoms with van der Waals surface area (Å²) < 4.78 is 4.73. The number of hydrogen-bond acceptors (Lipinski definition) is 5. The Kier molecular flexibility index (Phi) is 3.34. The quantitative estimate of drug-likeness (QED) is 0.478. The fraction of sp³-hybridized carbons (Fsp3) is 0.286. The van der Waals surface area contributed by atoms with Crippen molar-refractivity contribution in [2.75, 3.05) is 6.61 Å². The van der Waals surface area contributed by atoms with E-state index in [-0.39, 0.29) is 5.04 Å². The molecule has 68 valence electrons. The van der Waals surface area contributed by atoms with Gasteiger partial charge in [0, 0.05) is 0 Å². The molecule has 0 aromatic carbocycles. The maximum atomic E-state index is 11.2. The normalized spacial score (nSPS) is 19.7. The molecule has 1 atom stereocenters. The number of ether oxygens (including phenoxy) is 1. The largest absolute Gasteiger partial charge is 0.461 e. The number of rotatable bonds is 2. The predicted molar refractivity (Wildman–Crippen MR) is 51.8 cm³/mol. The average Bonchev–Trinajstić information content (AvgIpc) is 2.54. The number of hydrogen-bond donors (Lipinski definition) is 0. The SMILES string of the molecule is CCOC(=O)C1=NN=CS1=CC#N. The second kappa shape index (κ2) is 4.52. The summed E-state index contributed by atoms with van der Waals surface area (Å²) in [6, 6.07) is 1.84. The lowest BCUT2D eigenvalue weighted by Crippen LogP contribution is -2.14. The maximum Gasteiger partial charge on any atom is 0.365 e. The standard InChI is InChI=1S/C7H7N3O2S/c1-2-12-7(11)6-10-9-5-13(6)4-3-8/h4-5H,2H2,1H3. The van der Waals surface area contributed by atoms with Crippen molar-refractivity contribution < 1.29 is 9.53 Å². The summed E-state index contributed by atoms with van der Waals surface area (Å²) in [5.74, 6) is -0.505. The summed E-state index contributed by atoms with van der Waals surface area (Å²) in [7, 11) is -0.699. The molecule has 0 saturated heterocycles. The number of esters is 1. The Hall–Kier alpha value is -1.48. The highest BCUT2D eigenvalue weighted by Crippen LogP contribution is 2.17. The van der Waals surface area contributed by atoms with Gasteiger partial charge in [0.2, 0.25) is 5.04 Å². The molecule has 0 amide bonds. The molecular formula is C7H7N3O2S. The third-order valence-corrected chi connectivity index (χ3v) is 2.54. The monoisotopic (exact) mass is 197 g/mol. The fourth-order valence-electron chi connectivity index (χ4n) is 0.697. The Balaban J connectivity index is 2.79. The van der Waals surface area contributed by atoms with Crippen LogP contribution in [0.2, 0.25) is 0 Å². The van der Waals surface area contributed by atoms with Crippen LogP contribution in [0.3, 0.4) is 0 Å². The molecule has 1 unspecified atom stereocenters. The van der Waals surface area contributed by atoms with Crippen LogP contribution in [0.1, 0.15) is 6.92 Å². The summed E-state index contributed by atoms with van der Waals surface area (Å²) in [5, 5.41) is 17.1. The van der Waals surface area contributed by atoms with Crippen molar-refractivity contribution in [1.82, 2.24) is 0 Å². The lowest BCUT2D eigenvalue weighted by molar-refractivity contribution is -0.134. The van der Waals surface area contributed by atoms with Crippen LogP contribution in [-0.2, 0) is 9.53 Å². The Morgan fingerprint density at radius 2 is 2.69 bits per heavy atom. The Labute approximate surface area is 77.6 Å². The lowest BCUT2D eigenvalue weighted by Gasteiger charge is -2.00. The summed E-state index contributed by atoms with van der Waals surface area (Å²) in [6.07, 6.45) is 0. The van der Waals surface area contributed by atoms with Crippen molar-refractivity contribution in [2.24, 2.45) is 10.2 Å². The van der Waals surface area contributed by atoms with E-state index in [1.54, 1.807) is 6.92 Å². The van der Waals surface area contributed by atoms with Gasteiger partial charge < -0.3 is 4.74 Å². The molecule has 0 saturated carbocycles. The first kappa shape index (κ1) is 9.61. The molecule has 0 spiro atoms. The first-order valence-corrected chi connectivity index (χ1v) is 4.87. The smallest absolute Gasteiger partial charge is 0.365 e. The highest BCUT2D eigenvalue weighted by atomic mass is 32.2. The van der Waals surface area contributed by atoms with Gasteiger partial charge in [-0.05, 0) is 6.92 Å². The summed E-state index contributed by atoms with van der Waals surface area (Å²) in [4.78, 5) is 11.2. The van der Waals surface area contributed by atoms with Gasteiger partial charge >= 0.3 is 5.97 Å². The molecule has 0 fully saturated rings. The van der Waals surface area contributed by atoms with Gasteiger partial charge in [-0.25, -0.2) is 4.79 Å². The van der Waals surface area contributed by atoms with E-state index in [1.807, 2.05) is 6.07 Å². The number of nitrogens with zero attached hydrogens (tertiary/aromatic N) is 3. The molecule has 1 rings (SSSR count). The molecule has 0 aliphatic carbocycles. The predicted octanol–water partition coefficient (Wildman–Crippen LogP) is 0.500. The molecule has 1 aliphatic rings. The lowest BCUT2D eigenvalue weighted by atomic mass is 10.7. The Morgan fingerprint density at radius 1 is 1.92 bits per heavy atom. The van der Waals surface area contributed by atoms with Crippen molar-refractivity contribution in [3.8, 4) is 6.07 Å². The van der Waals surface area contributed by atoms with Gasteiger partial charge in [0.25, 0.3) is 0 Å².